The molecule has 0 atom stereocenters. The summed E-state index contributed by atoms with van der Waals surface area (Å²) in [5.41, 5.74) is 3.76. The number of aliphatic imine (C=N–C) groups is 1. The van der Waals surface area contributed by atoms with E-state index in [1.165, 1.54) is 11.1 Å². The van der Waals surface area contributed by atoms with E-state index in [9.17, 15) is 0 Å². The summed E-state index contributed by atoms with van der Waals surface area (Å²) < 4.78 is 0. The molecule has 1 saturated heterocycles. The molecule has 16 heavy (non-hydrogen) atoms. The summed E-state index contributed by atoms with van der Waals surface area (Å²) in [6.45, 7) is 5.43. The Labute approximate surface area is 102 Å². The third-order valence-electron chi connectivity index (χ3n) is 2.87. The number of rotatable bonds is 2. The zero-order chi connectivity index (χ0) is 11.5. The van der Waals surface area contributed by atoms with Crippen molar-refractivity contribution in [1.29, 1.82) is 0 Å². The number of hydrogen-bond acceptors (Lipinski definition) is 2. The third-order valence-corrected chi connectivity index (χ3v) is 3.92. The second-order valence-corrected chi connectivity index (χ2v) is 5.20. The summed E-state index contributed by atoms with van der Waals surface area (Å²) in [7, 11) is 2.11. The van der Waals surface area contributed by atoms with Gasteiger partial charge in [-0.15, -0.1) is 0 Å². The highest BCUT2D eigenvalue weighted by Crippen LogP contribution is 2.25. The van der Waals surface area contributed by atoms with E-state index in [0.717, 1.165) is 29.6 Å². The normalized spacial score (nSPS) is 18.4. The van der Waals surface area contributed by atoms with Gasteiger partial charge >= 0.3 is 0 Å². The molecular weight excluding hydrogens is 216 g/mol. The fourth-order valence-corrected chi connectivity index (χ4v) is 2.79. The van der Waals surface area contributed by atoms with Gasteiger partial charge in [0, 0.05) is 19.3 Å². The van der Waals surface area contributed by atoms with E-state index in [0.29, 0.717) is 0 Å². The first-order valence-electron chi connectivity index (χ1n) is 5.73. The van der Waals surface area contributed by atoms with Crippen molar-refractivity contribution in [2.45, 2.75) is 20.3 Å². The first-order valence-corrected chi connectivity index (χ1v) is 6.71. The molecule has 0 saturated carbocycles. The Hall–Kier alpha value is -0.960. The van der Waals surface area contributed by atoms with Crippen LogP contribution in [0.3, 0.4) is 0 Å². The van der Waals surface area contributed by atoms with Crippen LogP contribution in [0.5, 0.6) is 0 Å². The van der Waals surface area contributed by atoms with E-state index in [1.807, 2.05) is 11.8 Å². The van der Waals surface area contributed by atoms with E-state index < -0.39 is 0 Å². The Morgan fingerprint density at radius 2 is 2.25 bits per heavy atom. The fraction of sp³-hybridized carbons (Fsp3) is 0.462. The molecular formula is C13H18N2S. The molecule has 0 aliphatic carbocycles. The summed E-state index contributed by atoms with van der Waals surface area (Å²) in [5.74, 6) is 1.15. The second-order valence-electron chi connectivity index (χ2n) is 4.14. The third kappa shape index (κ3) is 2.40. The molecule has 3 heteroatoms. The number of nitrogens with zero attached hydrogens (tertiary/aromatic N) is 2. The van der Waals surface area contributed by atoms with Crippen LogP contribution in [0.25, 0.3) is 0 Å². The molecule has 86 valence electrons. The maximum atomic E-state index is 4.72. The van der Waals surface area contributed by atoms with Crippen molar-refractivity contribution in [3.8, 4) is 0 Å². The van der Waals surface area contributed by atoms with E-state index in [4.69, 9.17) is 4.99 Å². The molecule has 1 aliphatic heterocycles. The summed E-state index contributed by atoms with van der Waals surface area (Å²) in [4.78, 5) is 6.94. The number of hydrogen-bond donors (Lipinski definition) is 0. The zero-order valence-corrected chi connectivity index (χ0v) is 11.0. The van der Waals surface area contributed by atoms with Crippen LogP contribution in [-0.4, -0.2) is 29.4 Å². The molecule has 0 spiro atoms. The molecule has 0 aromatic heterocycles. The van der Waals surface area contributed by atoms with Crippen molar-refractivity contribution in [2.75, 3.05) is 19.3 Å². The number of benzene rings is 1. The van der Waals surface area contributed by atoms with Gasteiger partial charge in [0.1, 0.15) is 0 Å². The monoisotopic (exact) mass is 234 g/mol. The quantitative estimate of drug-likeness (QED) is 0.781. The Morgan fingerprint density at radius 3 is 2.81 bits per heavy atom. The lowest BCUT2D eigenvalue weighted by Crippen LogP contribution is -2.17. The van der Waals surface area contributed by atoms with Crippen molar-refractivity contribution < 1.29 is 0 Å². The van der Waals surface area contributed by atoms with Gasteiger partial charge in [0.15, 0.2) is 5.17 Å². The van der Waals surface area contributed by atoms with E-state index >= 15 is 0 Å². The van der Waals surface area contributed by atoms with E-state index in [1.54, 1.807) is 0 Å². The summed E-state index contributed by atoms with van der Waals surface area (Å²) in [6.07, 6.45) is 1.09. The minimum atomic E-state index is 1.09. The molecule has 0 bridgehead atoms. The first kappa shape index (κ1) is 11.5. The summed E-state index contributed by atoms with van der Waals surface area (Å²) in [5, 5.41) is 1.15. The highest BCUT2D eigenvalue weighted by Gasteiger charge is 2.15. The molecule has 0 N–H and O–H groups in total. The zero-order valence-electron chi connectivity index (χ0n) is 10.2. The van der Waals surface area contributed by atoms with E-state index in [-0.39, 0.29) is 0 Å². The molecule has 0 unspecified atom stereocenters. The molecule has 1 aromatic carbocycles. The highest BCUT2D eigenvalue weighted by atomic mass is 32.2. The molecule has 1 aromatic rings. The average Bonchev–Trinajstić information content (AvgIpc) is 2.67. The van der Waals surface area contributed by atoms with Gasteiger partial charge in [0.25, 0.3) is 0 Å². The second kappa shape index (κ2) is 4.91. The van der Waals surface area contributed by atoms with Crippen LogP contribution >= 0.6 is 11.8 Å². The number of aryl methyl sites for hydroxylation is 2. The Morgan fingerprint density at radius 1 is 1.44 bits per heavy atom. The standard InChI is InChI=1S/C13H18N2S/c1-4-11-5-6-12(10(2)9-11)14-13-15(3)7-8-16-13/h5-6,9H,4,7-8H2,1-3H3. The maximum absolute atomic E-state index is 4.72. The smallest absolute Gasteiger partial charge is 0.164 e. The SMILES string of the molecule is CCc1ccc(N=C2SCCN2C)c(C)c1. The molecule has 2 nitrogen and oxygen atoms in total. The molecule has 1 heterocycles. The van der Waals surface area contributed by atoms with Crippen LogP contribution in [0.4, 0.5) is 5.69 Å². The average molecular weight is 234 g/mol. The van der Waals surface area contributed by atoms with Crippen LogP contribution in [0.1, 0.15) is 18.1 Å². The Balaban J connectivity index is 2.27. The van der Waals surface area contributed by atoms with Crippen molar-refractivity contribution in [3.63, 3.8) is 0 Å². The predicted octanol–water partition coefficient (Wildman–Crippen LogP) is 3.22. The Kier molecular flexibility index (Phi) is 3.54. The first-order chi connectivity index (χ1) is 7.70. The lowest BCUT2D eigenvalue weighted by Gasteiger charge is -2.10. The van der Waals surface area contributed by atoms with Gasteiger partial charge in [-0.1, -0.05) is 30.8 Å². The van der Waals surface area contributed by atoms with Gasteiger partial charge in [-0.25, -0.2) is 4.99 Å². The van der Waals surface area contributed by atoms with Gasteiger partial charge in [0.05, 0.1) is 5.69 Å². The molecule has 0 amide bonds. The minimum Gasteiger partial charge on any atom is -0.353 e. The molecule has 1 aliphatic rings. The van der Waals surface area contributed by atoms with Gasteiger partial charge in [-0.2, -0.15) is 0 Å². The maximum Gasteiger partial charge on any atom is 0.164 e. The van der Waals surface area contributed by atoms with Crippen molar-refractivity contribution >= 4 is 22.6 Å². The van der Waals surface area contributed by atoms with Gasteiger partial charge < -0.3 is 4.90 Å². The lowest BCUT2D eigenvalue weighted by atomic mass is 10.1. The summed E-state index contributed by atoms with van der Waals surface area (Å²) >= 11 is 1.84. The topological polar surface area (TPSA) is 15.6 Å². The van der Waals surface area contributed by atoms with Crippen LogP contribution < -0.4 is 0 Å². The Bertz CT molecular complexity index is 412. The predicted molar refractivity (Wildman–Crippen MR) is 72.7 cm³/mol. The van der Waals surface area contributed by atoms with E-state index in [2.05, 4.69) is 44.0 Å². The number of thioether (sulfide) groups is 1. The van der Waals surface area contributed by atoms with Crippen LogP contribution in [0.2, 0.25) is 0 Å². The largest absolute Gasteiger partial charge is 0.353 e. The van der Waals surface area contributed by atoms with Crippen molar-refractivity contribution in [2.24, 2.45) is 4.99 Å². The van der Waals surface area contributed by atoms with Gasteiger partial charge in [0.2, 0.25) is 0 Å². The molecule has 1 fully saturated rings. The van der Waals surface area contributed by atoms with Crippen LogP contribution in [0.15, 0.2) is 23.2 Å². The van der Waals surface area contributed by atoms with Crippen molar-refractivity contribution in [1.82, 2.24) is 4.90 Å². The highest BCUT2D eigenvalue weighted by molar-refractivity contribution is 8.14. The van der Waals surface area contributed by atoms with Crippen LogP contribution in [-0.2, 0) is 6.42 Å². The van der Waals surface area contributed by atoms with Crippen molar-refractivity contribution in [3.05, 3.63) is 29.3 Å². The number of amidine groups is 1. The lowest BCUT2D eigenvalue weighted by molar-refractivity contribution is 0.563. The molecule has 2 rings (SSSR count). The van der Waals surface area contributed by atoms with Crippen LogP contribution in [0, 0.1) is 6.92 Å². The summed E-state index contributed by atoms with van der Waals surface area (Å²) in [6, 6.07) is 6.54. The minimum absolute atomic E-state index is 1.09. The fourth-order valence-electron chi connectivity index (χ4n) is 1.76. The molecule has 0 radical (unpaired) electrons. The van der Waals surface area contributed by atoms with Gasteiger partial charge in [-0.3, -0.25) is 0 Å². The van der Waals surface area contributed by atoms with Gasteiger partial charge in [-0.05, 0) is 30.5 Å².